The van der Waals surface area contributed by atoms with Gasteiger partial charge in [0.05, 0.1) is 16.1 Å². The molecule has 0 unspecified atom stereocenters. The first-order chi connectivity index (χ1) is 20.7. The van der Waals surface area contributed by atoms with Crippen molar-refractivity contribution in [3.63, 3.8) is 0 Å². The van der Waals surface area contributed by atoms with Crippen LogP contribution in [0.4, 0.5) is 24.7 Å². The highest BCUT2D eigenvalue weighted by Gasteiger charge is 2.31. The SMILES string of the molecule is CC(C)(C)CC(=O)NCc1ccc(Cl)c(C(=O)Nc2ccc3c(N4CCC4)nc(-c4ccc(OC(F)(F)F)cc4)nc3c2)c1. The molecule has 0 saturated carbocycles. The second-order valence-corrected chi connectivity index (χ2v) is 12.2. The van der Waals surface area contributed by atoms with E-state index in [0.29, 0.717) is 34.8 Å². The van der Waals surface area contributed by atoms with Gasteiger partial charge in [0, 0.05) is 42.7 Å². The Morgan fingerprint density at radius 3 is 2.34 bits per heavy atom. The minimum atomic E-state index is -4.79. The van der Waals surface area contributed by atoms with E-state index < -0.39 is 12.3 Å². The number of alkyl halides is 3. The average Bonchev–Trinajstić information content (AvgIpc) is 2.90. The molecular formula is C32H31ClF3N5O3. The fraction of sp³-hybridized carbons (Fsp3) is 0.312. The van der Waals surface area contributed by atoms with Gasteiger partial charge >= 0.3 is 6.36 Å². The Balaban J connectivity index is 1.39. The van der Waals surface area contributed by atoms with Crippen molar-refractivity contribution in [1.29, 1.82) is 0 Å². The number of ether oxygens (including phenoxy) is 1. The molecule has 44 heavy (non-hydrogen) atoms. The topological polar surface area (TPSA) is 96.5 Å². The van der Waals surface area contributed by atoms with Crippen molar-refractivity contribution in [2.75, 3.05) is 23.3 Å². The van der Waals surface area contributed by atoms with Crippen LogP contribution >= 0.6 is 11.6 Å². The Bertz CT molecular complexity index is 1700. The average molecular weight is 626 g/mol. The van der Waals surface area contributed by atoms with Crippen LogP contribution < -0.4 is 20.3 Å². The van der Waals surface area contributed by atoms with Gasteiger partial charge in [-0.05, 0) is 72.0 Å². The summed E-state index contributed by atoms with van der Waals surface area (Å²) in [4.78, 5) is 37.0. The van der Waals surface area contributed by atoms with Crippen LogP contribution in [0.3, 0.4) is 0 Å². The molecule has 2 N–H and O–H groups in total. The zero-order chi connectivity index (χ0) is 31.6. The molecule has 5 rings (SSSR count). The van der Waals surface area contributed by atoms with Gasteiger partial charge in [-0.25, -0.2) is 9.97 Å². The van der Waals surface area contributed by atoms with Crippen LogP contribution in [0, 0.1) is 5.41 Å². The van der Waals surface area contributed by atoms with Crippen molar-refractivity contribution in [3.8, 4) is 17.1 Å². The fourth-order valence-corrected chi connectivity index (χ4v) is 4.90. The first-order valence-corrected chi connectivity index (χ1v) is 14.4. The molecule has 8 nitrogen and oxygen atoms in total. The predicted octanol–water partition coefficient (Wildman–Crippen LogP) is 7.36. The summed E-state index contributed by atoms with van der Waals surface area (Å²) < 4.78 is 41.8. The molecule has 3 aromatic carbocycles. The number of fused-ring (bicyclic) bond motifs is 1. The van der Waals surface area contributed by atoms with Crippen LogP contribution in [0.25, 0.3) is 22.3 Å². The van der Waals surface area contributed by atoms with Crippen LogP contribution in [0.1, 0.15) is 49.5 Å². The predicted molar refractivity (Wildman–Crippen MR) is 164 cm³/mol. The standard InChI is InChI=1S/C32H31ClF3N5O3/c1-31(2,3)17-27(42)37-18-19-5-12-25(33)24(15-19)30(43)38-21-8-11-23-26(16-21)39-28(40-29(23)41-13-4-14-41)20-6-9-22(10-7-20)44-32(34,35)36/h5-12,15-16H,4,13-14,17-18H2,1-3H3,(H,37,42)(H,38,43). The van der Waals surface area contributed by atoms with Gasteiger partial charge in [-0.3, -0.25) is 9.59 Å². The Morgan fingerprint density at radius 2 is 1.70 bits per heavy atom. The first-order valence-electron chi connectivity index (χ1n) is 14.0. The molecule has 0 radical (unpaired) electrons. The molecule has 12 heteroatoms. The molecule has 2 heterocycles. The van der Waals surface area contributed by atoms with E-state index in [1.54, 1.807) is 30.3 Å². The third-order valence-electron chi connectivity index (χ3n) is 6.89. The highest BCUT2D eigenvalue weighted by molar-refractivity contribution is 6.34. The third-order valence-corrected chi connectivity index (χ3v) is 7.22. The molecule has 0 aliphatic carbocycles. The lowest BCUT2D eigenvalue weighted by Gasteiger charge is -2.33. The summed E-state index contributed by atoms with van der Waals surface area (Å²) in [6, 6.07) is 15.7. The number of halogens is 4. The van der Waals surface area contributed by atoms with E-state index in [2.05, 4.69) is 25.3 Å². The number of rotatable bonds is 8. The number of aromatic nitrogens is 2. The van der Waals surface area contributed by atoms with Crippen molar-refractivity contribution in [3.05, 3.63) is 76.8 Å². The normalized spacial score (nSPS) is 13.4. The Morgan fingerprint density at radius 1 is 0.977 bits per heavy atom. The maximum absolute atomic E-state index is 13.3. The van der Waals surface area contributed by atoms with E-state index in [-0.39, 0.29) is 34.2 Å². The maximum atomic E-state index is 13.3. The van der Waals surface area contributed by atoms with Gasteiger partial charge in [0.1, 0.15) is 11.6 Å². The molecular weight excluding hydrogens is 595 g/mol. The van der Waals surface area contributed by atoms with Crippen molar-refractivity contribution in [2.24, 2.45) is 5.41 Å². The molecule has 230 valence electrons. The van der Waals surface area contributed by atoms with Gasteiger partial charge in [-0.2, -0.15) is 0 Å². The quantitative estimate of drug-likeness (QED) is 0.212. The van der Waals surface area contributed by atoms with Crippen molar-refractivity contribution in [2.45, 2.75) is 46.5 Å². The summed E-state index contributed by atoms with van der Waals surface area (Å²) in [5, 5.41) is 6.78. The van der Waals surface area contributed by atoms with Crippen LogP contribution in [0.5, 0.6) is 5.75 Å². The molecule has 0 bridgehead atoms. The van der Waals surface area contributed by atoms with Gasteiger partial charge in [0.15, 0.2) is 5.82 Å². The van der Waals surface area contributed by atoms with E-state index in [1.807, 2.05) is 26.8 Å². The zero-order valence-corrected chi connectivity index (χ0v) is 25.1. The van der Waals surface area contributed by atoms with Gasteiger partial charge in [0.2, 0.25) is 5.91 Å². The number of benzene rings is 3. The molecule has 1 aliphatic heterocycles. The van der Waals surface area contributed by atoms with E-state index >= 15 is 0 Å². The van der Waals surface area contributed by atoms with Gasteiger partial charge in [-0.15, -0.1) is 13.2 Å². The number of hydrogen-bond donors (Lipinski definition) is 2. The van der Waals surface area contributed by atoms with Crippen LogP contribution in [0.15, 0.2) is 60.7 Å². The second-order valence-electron chi connectivity index (χ2n) is 11.8. The van der Waals surface area contributed by atoms with Crippen molar-refractivity contribution < 1.29 is 27.5 Å². The summed E-state index contributed by atoms with van der Waals surface area (Å²) in [5.74, 6) is 0.165. The summed E-state index contributed by atoms with van der Waals surface area (Å²) in [6.45, 7) is 7.83. The second kappa shape index (κ2) is 12.3. The first kappa shape index (κ1) is 31.1. The van der Waals surface area contributed by atoms with Gasteiger partial charge in [0.25, 0.3) is 5.91 Å². The molecule has 1 saturated heterocycles. The van der Waals surface area contributed by atoms with Gasteiger partial charge in [-0.1, -0.05) is 38.4 Å². The van der Waals surface area contributed by atoms with E-state index in [0.717, 1.165) is 30.5 Å². The summed E-state index contributed by atoms with van der Waals surface area (Å²) in [7, 11) is 0. The minimum absolute atomic E-state index is 0.0841. The molecule has 1 aromatic heterocycles. The van der Waals surface area contributed by atoms with Crippen LogP contribution in [-0.4, -0.2) is 41.2 Å². The third kappa shape index (κ3) is 7.76. The van der Waals surface area contributed by atoms with Crippen molar-refractivity contribution in [1.82, 2.24) is 15.3 Å². The number of nitrogens with zero attached hydrogens (tertiary/aromatic N) is 3. The molecule has 4 aromatic rings. The zero-order valence-electron chi connectivity index (χ0n) is 24.4. The molecule has 1 fully saturated rings. The highest BCUT2D eigenvalue weighted by Crippen LogP contribution is 2.33. The van der Waals surface area contributed by atoms with Crippen LogP contribution in [-0.2, 0) is 11.3 Å². The number of amides is 2. The minimum Gasteiger partial charge on any atom is -0.406 e. The largest absolute Gasteiger partial charge is 0.573 e. The van der Waals surface area contributed by atoms with E-state index in [4.69, 9.17) is 16.6 Å². The molecule has 2 amide bonds. The van der Waals surface area contributed by atoms with E-state index in [1.165, 1.54) is 24.3 Å². The molecule has 0 atom stereocenters. The lowest BCUT2D eigenvalue weighted by atomic mass is 9.92. The fourth-order valence-electron chi connectivity index (χ4n) is 4.69. The summed E-state index contributed by atoms with van der Waals surface area (Å²) >= 11 is 6.37. The maximum Gasteiger partial charge on any atom is 0.573 e. The molecule has 0 spiro atoms. The summed E-state index contributed by atoms with van der Waals surface area (Å²) in [5.41, 5.74) is 2.36. The monoisotopic (exact) mass is 625 g/mol. The number of carbonyl (C=O) groups is 2. The Labute approximate surface area is 257 Å². The van der Waals surface area contributed by atoms with Crippen molar-refractivity contribution >= 4 is 45.8 Å². The Kier molecular flexibility index (Phi) is 8.69. The highest BCUT2D eigenvalue weighted by atomic mass is 35.5. The van der Waals surface area contributed by atoms with Gasteiger partial charge < -0.3 is 20.3 Å². The lowest BCUT2D eigenvalue weighted by Crippen LogP contribution is -2.37. The number of anilines is 2. The number of hydrogen-bond acceptors (Lipinski definition) is 6. The number of nitrogens with one attached hydrogen (secondary N) is 2. The van der Waals surface area contributed by atoms with Crippen LogP contribution in [0.2, 0.25) is 5.02 Å². The smallest absolute Gasteiger partial charge is 0.406 e. The number of carbonyl (C=O) groups excluding carboxylic acids is 2. The summed E-state index contributed by atoms with van der Waals surface area (Å²) in [6.07, 6.45) is -3.41. The Hall–Kier alpha value is -4.38. The lowest BCUT2D eigenvalue weighted by molar-refractivity contribution is -0.274. The van der Waals surface area contributed by atoms with E-state index in [9.17, 15) is 22.8 Å². The molecule has 1 aliphatic rings.